The lowest BCUT2D eigenvalue weighted by atomic mass is 10.2. The lowest BCUT2D eigenvalue weighted by Crippen LogP contribution is -2.12. The molecule has 1 N–H and O–H groups in total. The van der Waals surface area contributed by atoms with Gasteiger partial charge in [-0.2, -0.15) is 0 Å². The molecule has 0 aliphatic heterocycles. The van der Waals surface area contributed by atoms with Crippen LogP contribution in [0.3, 0.4) is 0 Å². The van der Waals surface area contributed by atoms with Crippen molar-refractivity contribution in [1.82, 2.24) is 9.55 Å². The van der Waals surface area contributed by atoms with Gasteiger partial charge < -0.3 is 9.88 Å². The number of anilines is 1. The van der Waals surface area contributed by atoms with Crippen molar-refractivity contribution in [3.8, 4) is 0 Å². The highest BCUT2D eigenvalue weighted by Crippen LogP contribution is 2.25. The van der Waals surface area contributed by atoms with Crippen molar-refractivity contribution in [3.63, 3.8) is 0 Å². The van der Waals surface area contributed by atoms with E-state index in [1.54, 1.807) is 0 Å². The Labute approximate surface area is 113 Å². The molecule has 0 saturated heterocycles. The molecule has 2 aromatic rings. The first-order chi connectivity index (χ1) is 8.56. The second-order valence-electron chi connectivity index (χ2n) is 5.11. The summed E-state index contributed by atoms with van der Waals surface area (Å²) < 4.78 is 2.18. The zero-order valence-corrected chi connectivity index (χ0v) is 12.3. The topological polar surface area (TPSA) is 29.9 Å². The molecule has 0 fully saturated rings. The Hall–Kier alpha value is -1.29. The van der Waals surface area contributed by atoms with E-state index in [2.05, 4.69) is 54.7 Å². The van der Waals surface area contributed by atoms with E-state index in [0.717, 1.165) is 12.5 Å². The molecule has 2 heterocycles. The van der Waals surface area contributed by atoms with E-state index in [1.165, 1.54) is 9.75 Å². The van der Waals surface area contributed by atoms with Gasteiger partial charge >= 0.3 is 0 Å². The molecule has 18 heavy (non-hydrogen) atoms. The van der Waals surface area contributed by atoms with E-state index in [-0.39, 0.29) is 0 Å². The minimum Gasteiger partial charge on any atom is -0.348 e. The van der Waals surface area contributed by atoms with Crippen molar-refractivity contribution in [2.45, 2.75) is 40.3 Å². The largest absolute Gasteiger partial charge is 0.348 e. The molecule has 1 atom stereocenters. The van der Waals surface area contributed by atoms with Crippen molar-refractivity contribution in [2.75, 3.05) is 5.32 Å². The second kappa shape index (κ2) is 5.57. The van der Waals surface area contributed by atoms with Crippen molar-refractivity contribution in [2.24, 2.45) is 5.92 Å². The van der Waals surface area contributed by atoms with E-state index in [4.69, 9.17) is 0 Å². The lowest BCUT2D eigenvalue weighted by Gasteiger charge is -2.16. The van der Waals surface area contributed by atoms with Gasteiger partial charge in [0.05, 0.1) is 6.04 Å². The smallest absolute Gasteiger partial charge is 0.203 e. The predicted molar refractivity (Wildman–Crippen MR) is 78.2 cm³/mol. The molecule has 0 amide bonds. The summed E-state index contributed by atoms with van der Waals surface area (Å²) in [5, 5.41) is 3.49. The van der Waals surface area contributed by atoms with E-state index in [1.807, 2.05) is 23.7 Å². The van der Waals surface area contributed by atoms with Gasteiger partial charge in [-0.15, -0.1) is 11.3 Å². The van der Waals surface area contributed by atoms with Crippen LogP contribution in [0.4, 0.5) is 5.95 Å². The fourth-order valence-corrected chi connectivity index (χ4v) is 2.82. The molecule has 0 aromatic carbocycles. The van der Waals surface area contributed by atoms with Crippen LogP contribution in [0.1, 0.15) is 36.6 Å². The molecule has 0 saturated carbocycles. The van der Waals surface area contributed by atoms with Gasteiger partial charge in [0.15, 0.2) is 0 Å². The van der Waals surface area contributed by atoms with Gasteiger partial charge in [-0.3, -0.25) is 0 Å². The Kier molecular flexibility index (Phi) is 4.07. The zero-order valence-electron chi connectivity index (χ0n) is 11.5. The number of nitrogens with one attached hydrogen (secondary N) is 1. The number of imidazole rings is 1. The Balaban J connectivity index is 2.07. The molecule has 0 bridgehead atoms. The summed E-state index contributed by atoms with van der Waals surface area (Å²) in [4.78, 5) is 7.10. The Morgan fingerprint density at radius 2 is 2.11 bits per heavy atom. The Morgan fingerprint density at radius 1 is 1.33 bits per heavy atom. The molecule has 2 aromatic heterocycles. The Bertz CT molecular complexity index is 499. The maximum absolute atomic E-state index is 4.40. The van der Waals surface area contributed by atoms with Gasteiger partial charge in [0, 0.05) is 28.7 Å². The normalized spacial score (nSPS) is 12.9. The molecular weight excluding hydrogens is 242 g/mol. The van der Waals surface area contributed by atoms with Gasteiger partial charge in [0.2, 0.25) is 5.95 Å². The molecule has 0 radical (unpaired) electrons. The van der Waals surface area contributed by atoms with E-state index >= 15 is 0 Å². The number of thiophene rings is 1. The summed E-state index contributed by atoms with van der Waals surface area (Å²) in [6, 6.07) is 4.66. The maximum atomic E-state index is 4.40. The molecule has 2 rings (SSSR count). The summed E-state index contributed by atoms with van der Waals surface area (Å²) in [6.07, 6.45) is 3.89. The number of aromatic nitrogens is 2. The third-order valence-electron chi connectivity index (χ3n) is 2.81. The average Bonchev–Trinajstić information content (AvgIpc) is 2.88. The SMILES string of the molecule is Cc1ccc(C(C)Nc2nccn2CC(C)C)s1. The first-order valence-corrected chi connectivity index (χ1v) is 7.22. The molecular formula is C14H21N3S. The molecule has 4 heteroatoms. The van der Waals surface area contributed by atoms with E-state index in [9.17, 15) is 0 Å². The molecule has 0 spiro atoms. The first kappa shape index (κ1) is 13.1. The van der Waals surface area contributed by atoms with Crippen LogP contribution in [0.25, 0.3) is 0 Å². The zero-order chi connectivity index (χ0) is 13.1. The predicted octanol–water partition coefficient (Wildman–Crippen LogP) is 4.08. The lowest BCUT2D eigenvalue weighted by molar-refractivity contribution is 0.525. The minimum absolute atomic E-state index is 0.303. The number of hydrogen-bond donors (Lipinski definition) is 1. The number of nitrogens with zero attached hydrogens (tertiary/aromatic N) is 2. The molecule has 98 valence electrons. The summed E-state index contributed by atoms with van der Waals surface area (Å²) in [5.74, 6) is 1.58. The highest BCUT2D eigenvalue weighted by atomic mass is 32.1. The summed E-state index contributed by atoms with van der Waals surface area (Å²) in [7, 11) is 0. The van der Waals surface area contributed by atoms with Crippen molar-refractivity contribution in [3.05, 3.63) is 34.3 Å². The fraction of sp³-hybridized carbons (Fsp3) is 0.500. The third-order valence-corrected chi connectivity index (χ3v) is 3.99. The summed E-state index contributed by atoms with van der Waals surface area (Å²) >= 11 is 1.84. The monoisotopic (exact) mass is 263 g/mol. The number of rotatable bonds is 5. The highest BCUT2D eigenvalue weighted by Gasteiger charge is 2.11. The summed E-state index contributed by atoms with van der Waals surface area (Å²) in [5.41, 5.74) is 0. The maximum Gasteiger partial charge on any atom is 0.203 e. The first-order valence-electron chi connectivity index (χ1n) is 6.40. The van der Waals surface area contributed by atoms with Crippen LogP contribution in [-0.2, 0) is 6.54 Å². The van der Waals surface area contributed by atoms with Gasteiger partial charge in [-0.05, 0) is 31.9 Å². The summed E-state index contributed by atoms with van der Waals surface area (Å²) in [6.45, 7) is 9.75. The van der Waals surface area contributed by atoms with Crippen LogP contribution in [-0.4, -0.2) is 9.55 Å². The molecule has 0 aliphatic rings. The van der Waals surface area contributed by atoms with Crippen LogP contribution in [0.5, 0.6) is 0 Å². The molecule has 0 aliphatic carbocycles. The van der Waals surface area contributed by atoms with Gasteiger partial charge in [0.1, 0.15) is 0 Å². The number of hydrogen-bond acceptors (Lipinski definition) is 3. The van der Waals surface area contributed by atoms with Crippen molar-refractivity contribution < 1.29 is 0 Å². The third kappa shape index (κ3) is 3.13. The Morgan fingerprint density at radius 3 is 2.72 bits per heavy atom. The van der Waals surface area contributed by atoms with Gasteiger partial charge in [0.25, 0.3) is 0 Å². The van der Waals surface area contributed by atoms with E-state index in [0.29, 0.717) is 12.0 Å². The van der Waals surface area contributed by atoms with E-state index < -0.39 is 0 Å². The molecule has 3 nitrogen and oxygen atoms in total. The standard InChI is InChI=1S/C14H21N3S/c1-10(2)9-17-8-7-15-14(17)16-12(4)13-6-5-11(3)18-13/h5-8,10,12H,9H2,1-4H3,(H,15,16). The average molecular weight is 263 g/mol. The highest BCUT2D eigenvalue weighted by molar-refractivity contribution is 7.12. The molecule has 1 unspecified atom stereocenters. The fourth-order valence-electron chi connectivity index (χ4n) is 1.94. The van der Waals surface area contributed by atoms with Crippen LogP contribution in [0.15, 0.2) is 24.5 Å². The number of aryl methyl sites for hydroxylation is 1. The van der Waals surface area contributed by atoms with Crippen molar-refractivity contribution >= 4 is 17.3 Å². The van der Waals surface area contributed by atoms with Crippen LogP contribution in [0.2, 0.25) is 0 Å². The van der Waals surface area contributed by atoms with Gasteiger partial charge in [-0.1, -0.05) is 13.8 Å². The van der Waals surface area contributed by atoms with Crippen LogP contribution < -0.4 is 5.32 Å². The second-order valence-corrected chi connectivity index (χ2v) is 6.43. The van der Waals surface area contributed by atoms with Crippen molar-refractivity contribution in [1.29, 1.82) is 0 Å². The van der Waals surface area contributed by atoms with Gasteiger partial charge in [-0.25, -0.2) is 4.98 Å². The van der Waals surface area contributed by atoms with Crippen LogP contribution in [0, 0.1) is 12.8 Å². The van der Waals surface area contributed by atoms with Crippen LogP contribution >= 0.6 is 11.3 Å². The minimum atomic E-state index is 0.303. The quantitative estimate of drug-likeness (QED) is 0.880.